The van der Waals surface area contributed by atoms with Crippen LogP contribution in [0.3, 0.4) is 0 Å². The third kappa shape index (κ3) is 4.06. The van der Waals surface area contributed by atoms with Crippen LogP contribution in [0.15, 0.2) is 47.2 Å². The zero-order valence-electron chi connectivity index (χ0n) is 19.9. The Morgan fingerprint density at radius 3 is 2.77 bits per heavy atom. The Labute approximate surface area is 203 Å². The molecule has 10 nitrogen and oxygen atoms in total. The topological polar surface area (TPSA) is 117 Å². The fraction of sp³-hybridized carbons (Fsp3) is 0.320. The van der Waals surface area contributed by atoms with Gasteiger partial charge in [-0.1, -0.05) is 0 Å². The smallest absolute Gasteiger partial charge is 0.296 e. The van der Waals surface area contributed by atoms with Gasteiger partial charge < -0.3 is 34.9 Å². The predicted molar refractivity (Wildman–Crippen MR) is 133 cm³/mol. The van der Waals surface area contributed by atoms with Gasteiger partial charge in [0.25, 0.3) is 11.8 Å². The average Bonchev–Trinajstić information content (AvgIpc) is 3.51. The van der Waals surface area contributed by atoms with Crippen molar-refractivity contribution in [1.82, 2.24) is 9.88 Å². The van der Waals surface area contributed by atoms with E-state index in [0.29, 0.717) is 53.9 Å². The fourth-order valence-corrected chi connectivity index (χ4v) is 4.48. The van der Waals surface area contributed by atoms with E-state index in [-0.39, 0.29) is 23.6 Å². The van der Waals surface area contributed by atoms with Gasteiger partial charge in [0.05, 0.1) is 41.8 Å². The molecule has 182 valence electrons. The van der Waals surface area contributed by atoms with Gasteiger partial charge in [0.2, 0.25) is 5.76 Å². The zero-order chi connectivity index (χ0) is 24.7. The number of carbonyl (C=O) groups is 2. The summed E-state index contributed by atoms with van der Waals surface area (Å²) in [6.07, 6.45) is 3.96. The van der Waals surface area contributed by atoms with Crippen LogP contribution in [-0.2, 0) is 0 Å². The number of amides is 2. The van der Waals surface area contributed by atoms with E-state index >= 15 is 0 Å². The van der Waals surface area contributed by atoms with E-state index in [1.807, 2.05) is 31.0 Å². The molecule has 3 aromatic rings. The van der Waals surface area contributed by atoms with Crippen LogP contribution in [0.25, 0.3) is 0 Å². The number of carbonyl (C=O) groups excluding carboxylic acids is 2. The molecule has 1 aromatic carbocycles. The van der Waals surface area contributed by atoms with Gasteiger partial charge in [-0.05, 0) is 31.5 Å². The van der Waals surface area contributed by atoms with E-state index in [1.54, 1.807) is 36.3 Å². The summed E-state index contributed by atoms with van der Waals surface area (Å²) in [4.78, 5) is 35.4. The van der Waals surface area contributed by atoms with Crippen molar-refractivity contribution >= 4 is 40.4 Å². The van der Waals surface area contributed by atoms with Gasteiger partial charge in [-0.2, -0.15) is 0 Å². The maximum absolute atomic E-state index is 12.9. The molecular weight excluding hydrogens is 448 g/mol. The Morgan fingerprint density at radius 1 is 1.20 bits per heavy atom. The van der Waals surface area contributed by atoms with Gasteiger partial charge in [-0.25, -0.2) is 4.98 Å². The number of nitrogens with zero attached hydrogens (tertiary/aromatic N) is 4. The molecule has 4 heterocycles. The molecule has 1 fully saturated rings. The minimum absolute atomic E-state index is 0.0242. The van der Waals surface area contributed by atoms with Crippen molar-refractivity contribution in [2.24, 2.45) is 5.73 Å². The number of nitrogens with two attached hydrogens (primary N) is 1. The van der Waals surface area contributed by atoms with Gasteiger partial charge in [0, 0.05) is 50.9 Å². The van der Waals surface area contributed by atoms with Crippen molar-refractivity contribution in [1.29, 1.82) is 0 Å². The summed E-state index contributed by atoms with van der Waals surface area (Å²) in [6, 6.07) is 8.99. The molecule has 10 heteroatoms. The average molecular weight is 477 g/mol. The number of ether oxygens (including phenoxy) is 1. The van der Waals surface area contributed by atoms with Crippen molar-refractivity contribution in [3.05, 3.63) is 54.1 Å². The summed E-state index contributed by atoms with van der Waals surface area (Å²) >= 11 is 0. The number of benzene rings is 1. The molecule has 5 rings (SSSR count). The zero-order valence-corrected chi connectivity index (χ0v) is 19.9. The van der Waals surface area contributed by atoms with E-state index in [2.05, 4.69) is 10.3 Å². The van der Waals surface area contributed by atoms with E-state index in [4.69, 9.17) is 14.9 Å². The first kappa shape index (κ1) is 22.7. The number of anilines is 5. The summed E-state index contributed by atoms with van der Waals surface area (Å²) in [7, 11) is 3.57. The summed E-state index contributed by atoms with van der Waals surface area (Å²) in [5, 5.41) is 3.30. The quantitative estimate of drug-likeness (QED) is 0.576. The molecule has 0 radical (unpaired) electrons. The van der Waals surface area contributed by atoms with Crippen molar-refractivity contribution in [2.45, 2.75) is 19.4 Å². The van der Waals surface area contributed by atoms with E-state index in [1.165, 1.54) is 11.2 Å². The lowest BCUT2D eigenvalue weighted by molar-refractivity contribution is 0.0790. The first-order valence-electron chi connectivity index (χ1n) is 11.6. The number of hydrogen-bond acceptors (Lipinski definition) is 8. The van der Waals surface area contributed by atoms with Gasteiger partial charge >= 0.3 is 0 Å². The molecule has 2 aromatic heterocycles. The number of aromatic nitrogens is 1. The molecule has 3 N–H and O–H groups in total. The Kier molecular flexibility index (Phi) is 5.81. The summed E-state index contributed by atoms with van der Waals surface area (Å²) in [6.45, 7) is 3.55. The molecule has 0 unspecified atom stereocenters. The molecule has 2 aliphatic heterocycles. The highest BCUT2D eigenvalue weighted by Crippen LogP contribution is 2.41. The number of rotatable bonds is 5. The molecule has 2 amide bonds. The fourth-order valence-electron chi connectivity index (χ4n) is 4.48. The molecule has 0 saturated carbocycles. The molecule has 2 aliphatic rings. The number of pyridine rings is 1. The minimum Gasteiger partial charge on any atom is -0.492 e. The number of hydrogen-bond donors (Lipinski definition) is 2. The lowest BCUT2D eigenvalue weighted by atomic mass is 10.1. The lowest BCUT2D eigenvalue weighted by Gasteiger charge is -2.22. The van der Waals surface area contributed by atoms with Crippen molar-refractivity contribution < 1.29 is 18.7 Å². The molecule has 35 heavy (non-hydrogen) atoms. The Morgan fingerprint density at radius 2 is 2.03 bits per heavy atom. The second-order valence-corrected chi connectivity index (χ2v) is 8.69. The van der Waals surface area contributed by atoms with Gasteiger partial charge in [0.1, 0.15) is 11.6 Å². The number of likely N-dealkylation sites (tertiary alicyclic amines) is 1. The van der Waals surface area contributed by atoms with E-state index in [9.17, 15) is 9.59 Å². The Hall–Kier alpha value is -4.05. The Balaban J connectivity index is 1.45. The van der Waals surface area contributed by atoms with Crippen LogP contribution in [0.5, 0.6) is 5.75 Å². The standard InChI is InChI=1S/C25H28N6O4/c1-4-34-21-11-15(24(32)31-9-7-16(26)14-31)5-6-17(21)28-22-12-19-20(13-27-22)30(3)25(33)23-18(29(19)2)8-10-35-23/h5-6,8,10-13,16H,4,7,9,14,26H2,1-3H3,(H,27,28)/t16-/m1/s1. The summed E-state index contributed by atoms with van der Waals surface area (Å²) < 4.78 is 11.3. The van der Waals surface area contributed by atoms with Crippen LogP contribution in [0.1, 0.15) is 34.3 Å². The SMILES string of the molecule is CCOc1cc(C(=O)N2CC[C@@H](N)C2)ccc1Nc1cc2c(cn1)N(C)C(=O)c1occc1N2C. The van der Waals surface area contributed by atoms with Crippen LogP contribution >= 0.6 is 0 Å². The van der Waals surface area contributed by atoms with Crippen LogP contribution in [0.2, 0.25) is 0 Å². The molecule has 1 atom stereocenters. The van der Waals surface area contributed by atoms with Gasteiger partial charge in [0.15, 0.2) is 0 Å². The maximum atomic E-state index is 12.9. The first-order valence-corrected chi connectivity index (χ1v) is 11.6. The largest absolute Gasteiger partial charge is 0.492 e. The summed E-state index contributed by atoms with van der Waals surface area (Å²) in [5.41, 5.74) is 9.32. The monoisotopic (exact) mass is 476 g/mol. The third-order valence-electron chi connectivity index (χ3n) is 6.39. The first-order chi connectivity index (χ1) is 16.9. The Bertz CT molecular complexity index is 1290. The molecule has 0 bridgehead atoms. The molecule has 0 aliphatic carbocycles. The van der Waals surface area contributed by atoms with Crippen molar-refractivity contribution in [2.75, 3.05) is 48.9 Å². The number of nitrogens with one attached hydrogen (secondary N) is 1. The highest BCUT2D eigenvalue weighted by Gasteiger charge is 2.31. The van der Waals surface area contributed by atoms with Crippen LogP contribution in [-0.4, -0.2) is 61.5 Å². The van der Waals surface area contributed by atoms with Crippen molar-refractivity contribution in [3.63, 3.8) is 0 Å². The lowest BCUT2D eigenvalue weighted by Crippen LogP contribution is -2.31. The van der Waals surface area contributed by atoms with Gasteiger partial charge in [-0.3, -0.25) is 9.59 Å². The molecule has 0 spiro atoms. The highest BCUT2D eigenvalue weighted by atomic mass is 16.5. The second-order valence-electron chi connectivity index (χ2n) is 8.69. The molecular formula is C25H28N6O4. The highest BCUT2D eigenvalue weighted by molar-refractivity contribution is 6.11. The number of furan rings is 1. The maximum Gasteiger partial charge on any atom is 0.296 e. The van der Waals surface area contributed by atoms with Crippen LogP contribution < -0.4 is 25.6 Å². The minimum atomic E-state index is -0.240. The van der Waals surface area contributed by atoms with Crippen LogP contribution in [0.4, 0.5) is 28.6 Å². The second kappa shape index (κ2) is 8.95. The molecule has 1 saturated heterocycles. The normalized spacial score (nSPS) is 17.2. The third-order valence-corrected chi connectivity index (χ3v) is 6.39. The van der Waals surface area contributed by atoms with Gasteiger partial charge in [-0.15, -0.1) is 0 Å². The summed E-state index contributed by atoms with van der Waals surface area (Å²) in [5.74, 6) is 1.10. The predicted octanol–water partition coefficient (Wildman–Crippen LogP) is 3.35. The van der Waals surface area contributed by atoms with E-state index in [0.717, 1.165) is 12.1 Å². The van der Waals surface area contributed by atoms with Crippen molar-refractivity contribution in [3.8, 4) is 5.75 Å². The van der Waals surface area contributed by atoms with Crippen LogP contribution in [0, 0.1) is 0 Å². The van der Waals surface area contributed by atoms with E-state index < -0.39 is 0 Å². The number of fused-ring (bicyclic) bond motifs is 2.